The number of rotatable bonds is 2. The van der Waals surface area contributed by atoms with Crippen molar-refractivity contribution < 1.29 is 4.79 Å². The molecule has 0 atom stereocenters. The van der Waals surface area contributed by atoms with Crippen LogP contribution in [-0.4, -0.2) is 18.4 Å². The van der Waals surface area contributed by atoms with Crippen LogP contribution in [-0.2, 0) is 4.79 Å². The summed E-state index contributed by atoms with van der Waals surface area (Å²) in [5, 5.41) is 0. The van der Waals surface area contributed by atoms with Crippen LogP contribution in [0.25, 0.3) is 0 Å². The maximum absolute atomic E-state index is 11.3. The molecule has 0 rings (SSSR count). The average Bonchev–Trinajstić information content (AvgIpc) is 1.78. The van der Waals surface area contributed by atoms with Crippen molar-refractivity contribution in [2.45, 2.75) is 20.8 Å². The Morgan fingerprint density at radius 2 is 1.75 bits per heavy atom. The Balaban J connectivity index is 3.90. The first-order valence-electron chi connectivity index (χ1n) is 3.66. The van der Waals surface area contributed by atoms with E-state index in [1.165, 1.54) is 0 Å². The molecular formula is C7H18N2OS2. The molecule has 0 aromatic carbocycles. The number of hydrazine groups is 1. The first-order valence-corrected chi connectivity index (χ1v) is 7.16. The molecule has 0 saturated carbocycles. The summed E-state index contributed by atoms with van der Waals surface area (Å²) in [5.41, 5.74) is 2.28. The van der Waals surface area contributed by atoms with Crippen molar-refractivity contribution in [2.75, 3.05) is 12.5 Å². The van der Waals surface area contributed by atoms with E-state index in [0.29, 0.717) is 0 Å². The maximum Gasteiger partial charge on any atom is 0.240 e. The number of carbonyl (C=O) groups excluding carboxylic acids is 1. The SMILES string of the molecule is CC(C)(C)C(=O)NNS(C)(C)S. The predicted molar refractivity (Wildman–Crippen MR) is 59.2 cm³/mol. The summed E-state index contributed by atoms with van der Waals surface area (Å²) in [5.74, 6) is -0.0166. The molecule has 0 aliphatic carbocycles. The molecule has 0 radical (unpaired) electrons. The zero-order valence-electron chi connectivity index (χ0n) is 8.26. The van der Waals surface area contributed by atoms with Crippen molar-refractivity contribution in [2.24, 2.45) is 5.41 Å². The van der Waals surface area contributed by atoms with Crippen LogP contribution >= 0.6 is 20.9 Å². The van der Waals surface area contributed by atoms with Crippen LogP contribution in [0.4, 0.5) is 0 Å². The second kappa shape index (κ2) is 3.89. The fourth-order valence-electron chi connectivity index (χ4n) is 0.359. The van der Waals surface area contributed by atoms with Gasteiger partial charge in [0.1, 0.15) is 0 Å². The molecule has 5 heteroatoms. The van der Waals surface area contributed by atoms with Crippen LogP contribution in [0.15, 0.2) is 0 Å². The lowest BCUT2D eigenvalue weighted by Crippen LogP contribution is -2.43. The summed E-state index contributed by atoms with van der Waals surface area (Å²) in [6, 6.07) is 0. The third kappa shape index (κ3) is 5.74. The summed E-state index contributed by atoms with van der Waals surface area (Å²) < 4.78 is 0. The smallest absolute Gasteiger partial charge is 0.240 e. The standard InChI is InChI=1S/C7H18N2OS2/c1-7(2,3)6(10)8-9-12(4,5)11/h9,11H,1-5H3,(H,8,10). The molecule has 3 nitrogen and oxygen atoms in total. The molecule has 0 saturated heterocycles. The molecule has 74 valence electrons. The van der Waals surface area contributed by atoms with Crippen LogP contribution in [0.2, 0.25) is 0 Å². The molecule has 0 aromatic rings. The Labute approximate surface area is 80.9 Å². The van der Waals surface area contributed by atoms with Gasteiger partial charge in [-0.15, -0.1) is 20.9 Å². The zero-order valence-corrected chi connectivity index (χ0v) is 9.97. The van der Waals surface area contributed by atoms with E-state index in [2.05, 4.69) is 21.9 Å². The third-order valence-electron chi connectivity index (χ3n) is 1.10. The van der Waals surface area contributed by atoms with Gasteiger partial charge in [0.05, 0.1) is 0 Å². The average molecular weight is 210 g/mol. The highest BCUT2D eigenvalue weighted by molar-refractivity contribution is 8.86. The maximum atomic E-state index is 11.3. The highest BCUT2D eigenvalue weighted by Gasteiger charge is 2.21. The molecule has 0 bridgehead atoms. The Kier molecular flexibility index (Phi) is 3.93. The molecular weight excluding hydrogens is 192 g/mol. The van der Waals surface area contributed by atoms with Gasteiger partial charge in [-0.1, -0.05) is 20.8 Å². The molecule has 2 N–H and O–H groups in total. The molecule has 0 spiro atoms. The first kappa shape index (κ1) is 12.1. The van der Waals surface area contributed by atoms with Gasteiger partial charge in [0.2, 0.25) is 5.91 Å². The minimum Gasteiger partial charge on any atom is -0.282 e. The Bertz CT molecular complexity index is 169. The zero-order chi connectivity index (χ0) is 9.99. The van der Waals surface area contributed by atoms with Crippen LogP contribution in [0.3, 0.4) is 0 Å². The molecule has 0 unspecified atom stereocenters. The Hall–Kier alpha value is 0.130. The second-order valence-corrected chi connectivity index (χ2v) is 9.57. The topological polar surface area (TPSA) is 41.1 Å². The van der Waals surface area contributed by atoms with Gasteiger partial charge in [-0.2, -0.15) is 4.83 Å². The van der Waals surface area contributed by atoms with E-state index < -0.39 is 9.25 Å². The van der Waals surface area contributed by atoms with E-state index >= 15 is 0 Å². The van der Waals surface area contributed by atoms with Crippen molar-refractivity contribution in [1.29, 1.82) is 0 Å². The van der Waals surface area contributed by atoms with Gasteiger partial charge in [-0.05, 0) is 12.5 Å². The third-order valence-corrected chi connectivity index (χ3v) is 1.97. The number of thiol groups is 1. The number of carbonyl (C=O) groups is 1. The predicted octanol–water partition coefficient (Wildman–Crippen LogP) is 1.48. The summed E-state index contributed by atoms with van der Waals surface area (Å²) in [6.45, 7) is 5.60. The fourth-order valence-corrected chi connectivity index (χ4v) is 0.838. The number of nitrogens with one attached hydrogen (secondary N) is 2. The normalized spacial score (nSPS) is 14.2. The molecule has 0 heterocycles. The van der Waals surface area contributed by atoms with Crippen molar-refractivity contribution in [3.63, 3.8) is 0 Å². The second-order valence-electron chi connectivity index (χ2n) is 4.08. The molecule has 0 aliphatic heterocycles. The van der Waals surface area contributed by atoms with Crippen LogP contribution in [0, 0.1) is 5.41 Å². The minimum atomic E-state index is -1.17. The molecule has 1 amide bonds. The summed E-state index contributed by atoms with van der Waals surface area (Å²) >= 11 is 4.28. The summed E-state index contributed by atoms with van der Waals surface area (Å²) in [6.07, 6.45) is 3.89. The van der Waals surface area contributed by atoms with Crippen molar-refractivity contribution >= 4 is 26.8 Å². The number of amides is 1. The van der Waals surface area contributed by atoms with Gasteiger partial charge in [-0.25, -0.2) is 0 Å². The van der Waals surface area contributed by atoms with E-state index in [-0.39, 0.29) is 11.3 Å². The minimum absolute atomic E-state index is 0.0166. The van der Waals surface area contributed by atoms with E-state index in [1.54, 1.807) is 0 Å². The Morgan fingerprint density at radius 1 is 1.33 bits per heavy atom. The van der Waals surface area contributed by atoms with Gasteiger partial charge in [0.15, 0.2) is 0 Å². The largest absolute Gasteiger partial charge is 0.282 e. The van der Waals surface area contributed by atoms with Crippen molar-refractivity contribution in [1.82, 2.24) is 10.3 Å². The van der Waals surface area contributed by atoms with Gasteiger partial charge in [0.25, 0.3) is 0 Å². The van der Waals surface area contributed by atoms with Crippen molar-refractivity contribution in [3.8, 4) is 0 Å². The summed E-state index contributed by atoms with van der Waals surface area (Å²) in [4.78, 5) is 14.2. The molecule has 0 aromatic heterocycles. The Morgan fingerprint density at radius 3 is 2.00 bits per heavy atom. The van der Waals surface area contributed by atoms with Gasteiger partial charge < -0.3 is 0 Å². The van der Waals surface area contributed by atoms with Crippen LogP contribution in [0.1, 0.15) is 20.8 Å². The fraction of sp³-hybridized carbons (Fsp3) is 0.857. The highest BCUT2D eigenvalue weighted by Crippen LogP contribution is 2.38. The van der Waals surface area contributed by atoms with E-state index in [9.17, 15) is 4.79 Å². The monoisotopic (exact) mass is 210 g/mol. The van der Waals surface area contributed by atoms with Crippen LogP contribution < -0.4 is 10.3 Å². The van der Waals surface area contributed by atoms with E-state index in [4.69, 9.17) is 0 Å². The van der Waals surface area contributed by atoms with Crippen molar-refractivity contribution in [3.05, 3.63) is 0 Å². The lowest BCUT2D eigenvalue weighted by atomic mass is 9.96. The van der Waals surface area contributed by atoms with Crippen LogP contribution in [0.5, 0.6) is 0 Å². The number of hydrogen-bond donors (Lipinski definition) is 3. The highest BCUT2D eigenvalue weighted by atomic mass is 33.1. The van der Waals surface area contributed by atoms with Gasteiger partial charge in [-0.3, -0.25) is 10.2 Å². The lowest BCUT2D eigenvalue weighted by Gasteiger charge is -2.28. The lowest BCUT2D eigenvalue weighted by molar-refractivity contribution is -0.128. The van der Waals surface area contributed by atoms with E-state index in [1.807, 2.05) is 33.3 Å². The molecule has 12 heavy (non-hydrogen) atoms. The number of hydrogen-bond acceptors (Lipinski definition) is 3. The quantitative estimate of drug-likeness (QED) is 0.367. The van der Waals surface area contributed by atoms with Gasteiger partial charge in [0, 0.05) is 5.41 Å². The van der Waals surface area contributed by atoms with Gasteiger partial charge >= 0.3 is 0 Å². The molecule has 0 aliphatic rings. The first-order chi connectivity index (χ1) is 5.13. The van der Waals surface area contributed by atoms with E-state index in [0.717, 1.165) is 0 Å². The molecule has 0 fully saturated rings. The summed E-state index contributed by atoms with van der Waals surface area (Å²) in [7, 11) is -1.17.